The van der Waals surface area contributed by atoms with Gasteiger partial charge in [-0.2, -0.15) is 0 Å². The second-order valence-electron chi connectivity index (χ2n) is 4.45. The summed E-state index contributed by atoms with van der Waals surface area (Å²) in [6.45, 7) is 1.74. The van der Waals surface area contributed by atoms with Crippen LogP contribution in [0.4, 0.5) is 11.4 Å². The molecule has 0 spiro atoms. The van der Waals surface area contributed by atoms with Gasteiger partial charge in [0, 0.05) is 21.3 Å². The normalized spacial score (nSPS) is 11.4. The van der Waals surface area contributed by atoms with Crippen LogP contribution >= 0.6 is 23.4 Å². The molecule has 0 aliphatic rings. The number of anilines is 2. The van der Waals surface area contributed by atoms with Gasteiger partial charge in [-0.05, 0) is 55.1 Å². The molecule has 0 saturated heterocycles. The van der Waals surface area contributed by atoms with Crippen molar-refractivity contribution in [1.82, 2.24) is 0 Å². The van der Waals surface area contributed by atoms with Gasteiger partial charge in [-0.25, -0.2) is 8.42 Å². The Kier molecular flexibility index (Phi) is 4.70. The number of halogens is 1. The molecule has 0 unspecified atom stereocenters. The largest absolute Gasteiger partial charge is 0.398 e. The lowest BCUT2D eigenvalue weighted by Crippen LogP contribution is -2.13. The fraction of sp³-hybridized carbons (Fsp3) is 0.143. The van der Waals surface area contributed by atoms with E-state index in [4.69, 9.17) is 17.3 Å². The molecule has 0 radical (unpaired) electrons. The van der Waals surface area contributed by atoms with Crippen molar-refractivity contribution in [1.29, 1.82) is 0 Å². The highest BCUT2D eigenvalue weighted by molar-refractivity contribution is 7.98. The highest BCUT2D eigenvalue weighted by atomic mass is 35.5. The van der Waals surface area contributed by atoms with Crippen molar-refractivity contribution in [2.24, 2.45) is 0 Å². The summed E-state index contributed by atoms with van der Waals surface area (Å²) in [6, 6.07) is 9.91. The zero-order chi connectivity index (χ0) is 15.6. The number of nitrogens with one attached hydrogen (secondary N) is 1. The third-order valence-electron chi connectivity index (χ3n) is 3.01. The summed E-state index contributed by atoms with van der Waals surface area (Å²) in [5.41, 5.74) is 7.27. The van der Waals surface area contributed by atoms with E-state index < -0.39 is 10.0 Å². The standard InChI is InChI=1S/C14H15ClN2O2S2/c1-9-13(15)7-12(8-14(9)16)21(18,19)17-10-3-5-11(20-2)6-4-10/h3-8,17H,16H2,1-2H3. The SMILES string of the molecule is CSc1ccc(NS(=O)(=O)c2cc(N)c(C)c(Cl)c2)cc1. The maximum atomic E-state index is 12.3. The molecule has 0 aromatic heterocycles. The number of sulfonamides is 1. The molecular weight excluding hydrogens is 328 g/mol. The molecule has 0 atom stereocenters. The smallest absolute Gasteiger partial charge is 0.262 e. The zero-order valence-corrected chi connectivity index (χ0v) is 13.9. The van der Waals surface area contributed by atoms with Crippen molar-refractivity contribution < 1.29 is 8.42 Å². The van der Waals surface area contributed by atoms with Gasteiger partial charge in [0.05, 0.1) is 4.90 Å². The molecule has 21 heavy (non-hydrogen) atoms. The number of hydrogen-bond acceptors (Lipinski definition) is 4. The molecule has 112 valence electrons. The average molecular weight is 343 g/mol. The summed E-state index contributed by atoms with van der Waals surface area (Å²) in [4.78, 5) is 1.10. The number of thioether (sulfide) groups is 1. The van der Waals surface area contributed by atoms with E-state index in [0.717, 1.165) is 4.90 Å². The fourth-order valence-electron chi connectivity index (χ4n) is 1.70. The molecule has 2 aromatic carbocycles. The molecule has 0 bridgehead atoms. The first kappa shape index (κ1) is 16.0. The molecule has 0 aliphatic carbocycles. The highest BCUT2D eigenvalue weighted by Gasteiger charge is 2.17. The van der Waals surface area contributed by atoms with Gasteiger partial charge in [0.1, 0.15) is 0 Å². The van der Waals surface area contributed by atoms with E-state index in [-0.39, 0.29) is 4.90 Å². The first-order chi connectivity index (χ1) is 9.83. The monoisotopic (exact) mass is 342 g/mol. The number of rotatable bonds is 4. The predicted octanol–water partition coefficient (Wildman–Crippen LogP) is 3.75. The van der Waals surface area contributed by atoms with Crippen LogP contribution in [0, 0.1) is 6.92 Å². The van der Waals surface area contributed by atoms with Crippen LogP contribution in [0.2, 0.25) is 5.02 Å². The second-order valence-corrected chi connectivity index (χ2v) is 7.42. The van der Waals surface area contributed by atoms with Gasteiger partial charge >= 0.3 is 0 Å². The minimum absolute atomic E-state index is 0.0459. The molecule has 4 nitrogen and oxygen atoms in total. The van der Waals surface area contributed by atoms with E-state index >= 15 is 0 Å². The van der Waals surface area contributed by atoms with Gasteiger partial charge in [-0.3, -0.25) is 4.72 Å². The maximum Gasteiger partial charge on any atom is 0.262 e. The second kappa shape index (κ2) is 6.17. The van der Waals surface area contributed by atoms with Crippen molar-refractivity contribution in [3.05, 3.63) is 47.0 Å². The highest BCUT2D eigenvalue weighted by Crippen LogP contribution is 2.27. The molecule has 0 aliphatic heterocycles. The molecule has 0 heterocycles. The Bertz CT molecular complexity index is 736. The quantitative estimate of drug-likeness (QED) is 0.655. The van der Waals surface area contributed by atoms with Gasteiger partial charge < -0.3 is 5.73 Å². The molecule has 0 amide bonds. The van der Waals surface area contributed by atoms with E-state index in [1.165, 1.54) is 12.1 Å². The fourth-order valence-corrected chi connectivity index (χ4v) is 3.52. The van der Waals surface area contributed by atoms with Crippen molar-refractivity contribution >= 4 is 44.8 Å². The van der Waals surface area contributed by atoms with Gasteiger partial charge in [-0.15, -0.1) is 11.8 Å². The number of hydrogen-bond donors (Lipinski definition) is 2. The Morgan fingerprint density at radius 1 is 1.19 bits per heavy atom. The molecule has 2 rings (SSSR count). The summed E-state index contributed by atoms with van der Waals surface area (Å²) in [7, 11) is -3.72. The Labute approximate surface area is 133 Å². The summed E-state index contributed by atoms with van der Waals surface area (Å²) in [5.74, 6) is 0. The van der Waals surface area contributed by atoms with Gasteiger partial charge in [0.25, 0.3) is 10.0 Å². The van der Waals surface area contributed by atoms with Crippen LogP contribution in [-0.2, 0) is 10.0 Å². The summed E-state index contributed by atoms with van der Waals surface area (Å²) in [5, 5.41) is 0.327. The lowest BCUT2D eigenvalue weighted by molar-refractivity contribution is 0.601. The molecule has 7 heteroatoms. The van der Waals surface area contributed by atoms with Gasteiger partial charge in [0.2, 0.25) is 0 Å². The summed E-state index contributed by atoms with van der Waals surface area (Å²) in [6.07, 6.45) is 1.95. The van der Waals surface area contributed by atoms with E-state index in [1.54, 1.807) is 30.8 Å². The van der Waals surface area contributed by atoms with E-state index in [9.17, 15) is 8.42 Å². The zero-order valence-electron chi connectivity index (χ0n) is 11.6. The third-order valence-corrected chi connectivity index (χ3v) is 5.51. The lowest BCUT2D eigenvalue weighted by atomic mass is 10.2. The van der Waals surface area contributed by atoms with Crippen LogP contribution in [0.1, 0.15) is 5.56 Å². The van der Waals surface area contributed by atoms with Crippen LogP contribution in [0.5, 0.6) is 0 Å². The molecule has 3 N–H and O–H groups in total. The van der Waals surface area contributed by atoms with Crippen LogP contribution < -0.4 is 10.5 Å². The van der Waals surface area contributed by atoms with Crippen molar-refractivity contribution in [2.75, 3.05) is 16.7 Å². The third kappa shape index (κ3) is 3.64. The van der Waals surface area contributed by atoms with Crippen LogP contribution in [-0.4, -0.2) is 14.7 Å². The summed E-state index contributed by atoms with van der Waals surface area (Å²) >= 11 is 7.58. The molecule has 0 saturated carbocycles. The number of nitrogen functional groups attached to an aromatic ring is 1. The Hall–Kier alpha value is -1.37. The lowest BCUT2D eigenvalue weighted by Gasteiger charge is -2.11. The minimum atomic E-state index is -3.72. The number of nitrogens with two attached hydrogens (primary N) is 1. The minimum Gasteiger partial charge on any atom is -0.398 e. The first-order valence-electron chi connectivity index (χ1n) is 6.06. The van der Waals surface area contributed by atoms with E-state index in [2.05, 4.69) is 4.72 Å². The average Bonchev–Trinajstić information content (AvgIpc) is 2.44. The maximum absolute atomic E-state index is 12.3. The predicted molar refractivity (Wildman–Crippen MR) is 89.6 cm³/mol. The molecule has 0 fully saturated rings. The van der Waals surface area contributed by atoms with Crippen molar-refractivity contribution in [3.8, 4) is 0 Å². The van der Waals surface area contributed by atoms with Gasteiger partial charge in [0.15, 0.2) is 0 Å². The first-order valence-corrected chi connectivity index (χ1v) is 9.14. The van der Waals surface area contributed by atoms with Crippen LogP contribution in [0.25, 0.3) is 0 Å². The van der Waals surface area contributed by atoms with Crippen LogP contribution in [0.3, 0.4) is 0 Å². The van der Waals surface area contributed by atoms with Crippen molar-refractivity contribution in [2.45, 2.75) is 16.7 Å². The topological polar surface area (TPSA) is 72.2 Å². The summed E-state index contributed by atoms with van der Waals surface area (Å²) < 4.78 is 27.2. The molecule has 2 aromatic rings. The molecular formula is C14H15ClN2O2S2. The van der Waals surface area contributed by atoms with Crippen LogP contribution in [0.15, 0.2) is 46.2 Å². The Morgan fingerprint density at radius 2 is 1.81 bits per heavy atom. The van der Waals surface area contributed by atoms with E-state index in [1.807, 2.05) is 18.4 Å². The Morgan fingerprint density at radius 3 is 2.33 bits per heavy atom. The van der Waals surface area contributed by atoms with Gasteiger partial charge in [-0.1, -0.05) is 11.6 Å². The van der Waals surface area contributed by atoms with E-state index in [0.29, 0.717) is 22.0 Å². The number of benzene rings is 2. The Balaban J connectivity index is 2.33. The van der Waals surface area contributed by atoms with Crippen molar-refractivity contribution in [3.63, 3.8) is 0 Å².